The summed E-state index contributed by atoms with van der Waals surface area (Å²) in [5.74, 6) is 1.09. The first-order valence-electron chi connectivity index (χ1n) is 11.2. The third-order valence-corrected chi connectivity index (χ3v) is 7.18. The van der Waals surface area contributed by atoms with Gasteiger partial charge in [-0.25, -0.2) is 0 Å². The Morgan fingerprint density at radius 2 is 1.89 bits per heavy atom. The number of aromatic nitrogens is 1. The van der Waals surface area contributed by atoms with Crippen LogP contribution in [0.2, 0.25) is 0 Å². The number of benzene rings is 1. The first-order valence-corrected chi connectivity index (χ1v) is 12.4. The molecule has 0 aliphatic carbocycles. The summed E-state index contributed by atoms with van der Waals surface area (Å²) >= 11 is 6.74. The topological polar surface area (TPSA) is 80.6 Å². The Balaban J connectivity index is 1.43. The number of nitrogens with one attached hydrogen (secondary N) is 1. The molecule has 4 heterocycles. The quantitative estimate of drug-likeness (QED) is 0.265. The molecule has 7 nitrogen and oxygen atoms in total. The Kier molecular flexibility index (Phi) is 6.61. The third-order valence-electron chi connectivity index (χ3n) is 5.80. The first kappa shape index (κ1) is 23.2. The summed E-state index contributed by atoms with van der Waals surface area (Å²) in [5.41, 5.74) is 2.99. The summed E-state index contributed by atoms with van der Waals surface area (Å²) in [6.45, 7) is 2.87. The van der Waals surface area contributed by atoms with Crippen LogP contribution in [0.15, 0.2) is 74.9 Å². The molecule has 1 saturated heterocycles. The molecule has 0 unspecified atom stereocenters. The third kappa shape index (κ3) is 4.82. The van der Waals surface area contributed by atoms with Crippen LogP contribution in [0.25, 0.3) is 17.0 Å². The van der Waals surface area contributed by atoms with Crippen LogP contribution in [-0.2, 0) is 35.6 Å². The van der Waals surface area contributed by atoms with E-state index in [0.29, 0.717) is 33.8 Å². The molecular formula is C26H23N3O4S2. The van der Waals surface area contributed by atoms with Gasteiger partial charge in [-0.05, 0) is 42.3 Å². The zero-order valence-corrected chi connectivity index (χ0v) is 20.7. The maximum Gasteiger partial charge on any atom is 0.266 e. The normalized spacial score (nSPS) is 15.0. The van der Waals surface area contributed by atoms with Crippen molar-refractivity contribution in [1.29, 1.82) is 0 Å². The van der Waals surface area contributed by atoms with Gasteiger partial charge in [-0.3, -0.25) is 14.5 Å². The highest BCUT2D eigenvalue weighted by atomic mass is 32.2. The van der Waals surface area contributed by atoms with Crippen molar-refractivity contribution in [2.45, 2.75) is 33.0 Å². The first-order chi connectivity index (χ1) is 17.0. The van der Waals surface area contributed by atoms with Crippen LogP contribution in [0.4, 0.5) is 0 Å². The van der Waals surface area contributed by atoms with Crippen molar-refractivity contribution in [2.75, 3.05) is 0 Å². The van der Waals surface area contributed by atoms with Gasteiger partial charge in [0.15, 0.2) is 0 Å². The number of para-hydroxylation sites is 1. The molecule has 1 aromatic carbocycles. The molecule has 1 aliphatic heterocycles. The lowest BCUT2D eigenvalue weighted by Gasteiger charge is -2.11. The Labute approximate surface area is 211 Å². The van der Waals surface area contributed by atoms with E-state index < -0.39 is 0 Å². The molecule has 4 aromatic rings. The predicted octanol–water partition coefficient (Wildman–Crippen LogP) is 5.11. The number of hydrogen-bond donors (Lipinski definition) is 1. The van der Waals surface area contributed by atoms with E-state index in [9.17, 15) is 9.59 Å². The number of amides is 2. The molecule has 178 valence electrons. The summed E-state index contributed by atoms with van der Waals surface area (Å²) in [5, 5.41) is 3.88. The number of thiocarbonyl (C=S) groups is 1. The fourth-order valence-corrected chi connectivity index (χ4v) is 5.38. The van der Waals surface area contributed by atoms with Gasteiger partial charge < -0.3 is 18.7 Å². The number of aryl methyl sites for hydroxylation is 1. The largest absolute Gasteiger partial charge is 0.467 e. The molecule has 0 radical (unpaired) electrons. The number of nitrogens with zero attached hydrogens (tertiary/aromatic N) is 2. The lowest BCUT2D eigenvalue weighted by molar-refractivity contribution is -0.123. The molecule has 0 spiro atoms. The van der Waals surface area contributed by atoms with Crippen molar-refractivity contribution in [3.63, 3.8) is 0 Å². The standard InChI is InChI=1S/C26H23N3O4S2/c1-2-17-6-3-9-21-18(12-22-25(31)29(26(34)35-22)15-20-8-5-11-33-20)14-28(24(17)21)16-23(30)27-13-19-7-4-10-32-19/h3-12,14H,2,13,15-16H2,1H3,(H,27,30)/b22-12-. The Morgan fingerprint density at radius 1 is 1.11 bits per heavy atom. The Morgan fingerprint density at radius 3 is 2.60 bits per heavy atom. The Hall–Kier alpha value is -3.56. The number of fused-ring (bicyclic) bond motifs is 1. The molecule has 3 aromatic heterocycles. The van der Waals surface area contributed by atoms with Crippen molar-refractivity contribution >= 4 is 57.1 Å². The molecule has 5 rings (SSSR count). The van der Waals surface area contributed by atoms with Gasteiger partial charge in [-0.15, -0.1) is 0 Å². The number of furan rings is 2. The van der Waals surface area contributed by atoms with E-state index >= 15 is 0 Å². The summed E-state index contributed by atoms with van der Waals surface area (Å²) in [6, 6.07) is 13.3. The zero-order valence-electron chi connectivity index (χ0n) is 19.0. The van der Waals surface area contributed by atoms with Crippen LogP contribution < -0.4 is 5.32 Å². The summed E-state index contributed by atoms with van der Waals surface area (Å²) in [4.78, 5) is 27.9. The van der Waals surface area contributed by atoms with E-state index in [0.717, 1.165) is 28.5 Å². The highest BCUT2D eigenvalue weighted by Gasteiger charge is 2.33. The highest BCUT2D eigenvalue weighted by Crippen LogP contribution is 2.36. The van der Waals surface area contributed by atoms with E-state index in [1.807, 2.05) is 41.1 Å². The zero-order chi connectivity index (χ0) is 24.4. The fourth-order valence-electron chi connectivity index (χ4n) is 4.14. The van der Waals surface area contributed by atoms with Crippen molar-refractivity contribution in [3.05, 3.63) is 88.7 Å². The lowest BCUT2D eigenvalue weighted by Crippen LogP contribution is -2.27. The molecule has 35 heavy (non-hydrogen) atoms. The van der Waals surface area contributed by atoms with Crippen molar-refractivity contribution in [2.24, 2.45) is 0 Å². The van der Waals surface area contributed by atoms with Crippen LogP contribution in [0.3, 0.4) is 0 Å². The van der Waals surface area contributed by atoms with Gasteiger partial charge in [-0.1, -0.05) is 49.1 Å². The minimum atomic E-state index is -0.153. The molecule has 9 heteroatoms. The minimum absolute atomic E-state index is 0.125. The van der Waals surface area contributed by atoms with Crippen LogP contribution in [0.1, 0.15) is 29.6 Å². The summed E-state index contributed by atoms with van der Waals surface area (Å²) in [7, 11) is 0. The number of thioether (sulfide) groups is 1. The second-order valence-electron chi connectivity index (χ2n) is 8.08. The van der Waals surface area contributed by atoms with Crippen LogP contribution in [0.5, 0.6) is 0 Å². The lowest BCUT2D eigenvalue weighted by atomic mass is 10.1. The Bertz CT molecular complexity index is 1420. The molecule has 2 amide bonds. The number of hydrogen-bond acceptors (Lipinski definition) is 6. The van der Waals surface area contributed by atoms with Crippen molar-refractivity contribution < 1.29 is 18.4 Å². The van der Waals surface area contributed by atoms with E-state index in [2.05, 4.69) is 18.3 Å². The molecule has 1 N–H and O–H groups in total. The average molecular weight is 506 g/mol. The molecule has 0 bridgehead atoms. The van der Waals surface area contributed by atoms with Crippen LogP contribution >= 0.6 is 24.0 Å². The molecule has 1 fully saturated rings. The summed E-state index contributed by atoms with van der Waals surface area (Å²) in [6.07, 6.45) is 7.77. The SMILES string of the molecule is CCc1cccc2c(/C=C3\SC(=S)N(Cc4ccco4)C3=O)cn(CC(=O)NCc3ccco3)c12. The van der Waals surface area contributed by atoms with E-state index in [4.69, 9.17) is 21.1 Å². The van der Waals surface area contributed by atoms with Gasteiger partial charge in [0.2, 0.25) is 5.91 Å². The summed E-state index contributed by atoms with van der Waals surface area (Å²) < 4.78 is 13.1. The highest BCUT2D eigenvalue weighted by molar-refractivity contribution is 8.26. The predicted molar refractivity (Wildman–Crippen MR) is 139 cm³/mol. The maximum atomic E-state index is 13.1. The average Bonchev–Trinajstić information content (AvgIpc) is 3.65. The molecule has 0 atom stereocenters. The fraction of sp³-hybridized carbons (Fsp3) is 0.192. The van der Waals surface area contributed by atoms with Gasteiger partial charge in [0.05, 0.1) is 36.0 Å². The van der Waals surface area contributed by atoms with E-state index in [-0.39, 0.29) is 18.4 Å². The molecule has 1 aliphatic rings. The van der Waals surface area contributed by atoms with Crippen LogP contribution in [-0.4, -0.2) is 25.6 Å². The van der Waals surface area contributed by atoms with Gasteiger partial charge in [0.25, 0.3) is 5.91 Å². The maximum absolute atomic E-state index is 13.1. The van der Waals surface area contributed by atoms with E-state index in [1.54, 1.807) is 29.6 Å². The van der Waals surface area contributed by atoms with Gasteiger partial charge >= 0.3 is 0 Å². The number of carbonyl (C=O) groups excluding carboxylic acids is 2. The van der Waals surface area contributed by atoms with Gasteiger partial charge in [0, 0.05) is 17.1 Å². The van der Waals surface area contributed by atoms with Crippen LogP contribution in [0, 0.1) is 0 Å². The van der Waals surface area contributed by atoms with Gasteiger partial charge in [0.1, 0.15) is 22.4 Å². The second-order valence-corrected chi connectivity index (χ2v) is 9.76. The number of carbonyl (C=O) groups is 2. The minimum Gasteiger partial charge on any atom is -0.467 e. The monoisotopic (exact) mass is 505 g/mol. The smallest absolute Gasteiger partial charge is 0.266 e. The number of rotatable bonds is 8. The second kappa shape index (κ2) is 9.97. The van der Waals surface area contributed by atoms with Crippen molar-refractivity contribution in [3.8, 4) is 0 Å². The molecule has 0 saturated carbocycles. The van der Waals surface area contributed by atoms with Crippen molar-refractivity contribution in [1.82, 2.24) is 14.8 Å². The molecular weight excluding hydrogens is 482 g/mol. The van der Waals surface area contributed by atoms with E-state index in [1.165, 1.54) is 11.8 Å². The van der Waals surface area contributed by atoms with Gasteiger partial charge in [-0.2, -0.15) is 0 Å².